The zero-order valence-corrected chi connectivity index (χ0v) is 23.9. The van der Waals surface area contributed by atoms with Gasteiger partial charge in [0.1, 0.15) is 18.3 Å². The van der Waals surface area contributed by atoms with Gasteiger partial charge in [0.05, 0.1) is 19.1 Å². The van der Waals surface area contributed by atoms with Gasteiger partial charge in [-0.3, -0.25) is 13.9 Å². The third-order valence-corrected chi connectivity index (χ3v) is 7.35. The molecule has 0 aliphatic carbocycles. The molecular weight excluding hydrogens is 490 g/mol. The van der Waals surface area contributed by atoms with Crippen molar-refractivity contribution in [2.45, 2.75) is 65.5 Å². The summed E-state index contributed by atoms with van der Waals surface area (Å²) in [5.41, 5.74) is 2.14. The lowest BCUT2D eigenvalue weighted by Gasteiger charge is -2.31. The predicted octanol–water partition coefficient (Wildman–Crippen LogP) is 4.09. The Morgan fingerprint density at radius 2 is 1.62 bits per heavy atom. The van der Waals surface area contributed by atoms with Crippen molar-refractivity contribution >= 4 is 27.5 Å². The van der Waals surface area contributed by atoms with Crippen molar-refractivity contribution in [2.75, 3.05) is 30.8 Å². The van der Waals surface area contributed by atoms with Crippen molar-refractivity contribution in [3.05, 3.63) is 59.7 Å². The Labute approximate surface area is 222 Å². The molecule has 1 atom stereocenters. The molecule has 0 aromatic heterocycles. The lowest BCUT2D eigenvalue weighted by Crippen LogP contribution is -2.51. The van der Waals surface area contributed by atoms with E-state index < -0.39 is 28.5 Å². The first-order chi connectivity index (χ1) is 17.3. The molecule has 0 aliphatic heterocycles. The molecule has 2 aromatic carbocycles. The molecule has 2 amide bonds. The van der Waals surface area contributed by atoms with Gasteiger partial charge < -0.3 is 15.0 Å². The number of benzene rings is 2. The number of unbranched alkanes of at least 4 members (excludes halogenated alkanes) is 1. The van der Waals surface area contributed by atoms with Crippen LogP contribution < -0.4 is 14.4 Å². The molecule has 0 bridgehead atoms. The fourth-order valence-electron chi connectivity index (χ4n) is 3.79. The van der Waals surface area contributed by atoms with Gasteiger partial charge in [-0.05, 0) is 54.2 Å². The normalized spacial score (nSPS) is 12.5. The minimum absolute atomic E-state index is 0.0972. The van der Waals surface area contributed by atoms with Crippen LogP contribution in [0, 0.1) is 0 Å². The highest BCUT2D eigenvalue weighted by Gasteiger charge is 2.30. The van der Waals surface area contributed by atoms with E-state index in [1.165, 1.54) is 4.90 Å². The number of nitrogens with zero attached hydrogens (tertiary/aromatic N) is 2. The van der Waals surface area contributed by atoms with Crippen molar-refractivity contribution in [1.29, 1.82) is 0 Å². The van der Waals surface area contributed by atoms with Crippen molar-refractivity contribution in [2.24, 2.45) is 0 Å². The Morgan fingerprint density at radius 3 is 2.11 bits per heavy atom. The van der Waals surface area contributed by atoms with Crippen LogP contribution in [0.3, 0.4) is 0 Å². The number of amides is 2. The molecule has 0 spiro atoms. The highest BCUT2D eigenvalue weighted by atomic mass is 32.2. The Hall–Kier alpha value is -3.07. The van der Waals surface area contributed by atoms with Crippen molar-refractivity contribution in [1.82, 2.24) is 10.2 Å². The van der Waals surface area contributed by atoms with Crippen molar-refractivity contribution in [3.8, 4) is 5.75 Å². The fourth-order valence-corrected chi connectivity index (χ4v) is 4.64. The summed E-state index contributed by atoms with van der Waals surface area (Å²) >= 11 is 0. The first-order valence-electron chi connectivity index (χ1n) is 12.6. The third-order valence-electron chi connectivity index (χ3n) is 6.21. The first kappa shape index (κ1) is 30.2. The first-order valence-corrected chi connectivity index (χ1v) is 14.4. The lowest BCUT2D eigenvalue weighted by molar-refractivity contribution is -0.139. The highest BCUT2D eigenvalue weighted by Crippen LogP contribution is 2.26. The fraction of sp³-hybridized carbons (Fsp3) is 0.500. The average molecular weight is 532 g/mol. The Morgan fingerprint density at radius 1 is 1.03 bits per heavy atom. The van der Waals surface area contributed by atoms with Crippen LogP contribution in [0.25, 0.3) is 0 Å². The van der Waals surface area contributed by atoms with Gasteiger partial charge in [-0.15, -0.1) is 0 Å². The van der Waals surface area contributed by atoms with Gasteiger partial charge in [-0.2, -0.15) is 0 Å². The van der Waals surface area contributed by atoms with Gasteiger partial charge in [-0.25, -0.2) is 8.42 Å². The highest BCUT2D eigenvalue weighted by molar-refractivity contribution is 7.92. The van der Waals surface area contributed by atoms with Crippen molar-refractivity contribution in [3.63, 3.8) is 0 Å². The second-order valence-electron chi connectivity index (χ2n) is 10.3. The molecule has 0 radical (unpaired) electrons. The summed E-state index contributed by atoms with van der Waals surface area (Å²) in [6, 6.07) is 13.6. The molecule has 0 saturated carbocycles. The van der Waals surface area contributed by atoms with E-state index in [1.807, 2.05) is 31.2 Å². The summed E-state index contributed by atoms with van der Waals surface area (Å²) in [4.78, 5) is 27.9. The van der Waals surface area contributed by atoms with E-state index in [4.69, 9.17) is 4.74 Å². The molecule has 0 heterocycles. The monoisotopic (exact) mass is 531 g/mol. The second kappa shape index (κ2) is 12.9. The van der Waals surface area contributed by atoms with E-state index in [1.54, 1.807) is 38.3 Å². The van der Waals surface area contributed by atoms with Crippen LogP contribution >= 0.6 is 0 Å². The Kier molecular flexibility index (Phi) is 10.5. The summed E-state index contributed by atoms with van der Waals surface area (Å²) in [5, 5.41) is 2.87. The molecule has 1 unspecified atom stereocenters. The number of hydrogen-bond donors (Lipinski definition) is 1. The molecule has 1 N–H and O–H groups in total. The van der Waals surface area contributed by atoms with Gasteiger partial charge in [0.2, 0.25) is 21.8 Å². The average Bonchev–Trinajstić information content (AvgIpc) is 2.84. The van der Waals surface area contributed by atoms with Crippen LogP contribution in [0.1, 0.15) is 58.6 Å². The van der Waals surface area contributed by atoms with Crippen LogP contribution in [0.4, 0.5) is 5.69 Å². The zero-order valence-electron chi connectivity index (χ0n) is 23.1. The molecule has 2 rings (SSSR count). The molecule has 8 nitrogen and oxygen atoms in total. The number of anilines is 1. The van der Waals surface area contributed by atoms with Crippen LogP contribution in [0.2, 0.25) is 0 Å². The summed E-state index contributed by atoms with van der Waals surface area (Å²) in [6.45, 7) is 10.1. The number of carbonyl (C=O) groups excluding carboxylic acids is 2. The maximum absolute atomic E-state index is 13.6. The molecule has 0 aliphatic rings. The zero-order chi connectivity index (χ0) is 27.8. The smallest absolute Gasteiger partial charge is 0.244 e. The number of carbonyl (C=O) groups is 2. The molecule has 37 heavy (non-hydrogen) atoms. The van der Waals surface area contributed by atoms with Gasteiger partial charge in [0.15, 0.2) is 0 Å². The van der Waals surface area contributed by atoms with E-state index >= 15 is 0 Å². The largest absolute Gasteiger partial charge is 0.497 e. The lowest BCUT2D eigenvalue weighted by atomic mass is 9.87. The number of methoxy groups -OCH3 is 1. The number of rotatable bonds is 12. The maximum atomic E-state index is 13.6. The van der Waals surface area contributed by atoms with Crippen LogP contribution in [-0.4, -0.2) is 57.6 Å². The van der Waals surface area contributed by atoms with Gasteiger partial charge in [0.25, 0.3) is 0 Å². The Bertz CT molecular complexity index is 1140. The quantitative estimate of drug-likeness (QED) is 0.416. The molecule has 2 aromatic rings. The van der Waals surface area contributed by atoms with Crippen molar-refractivity contribution < 1.29 is 22.7 Å². The molecule has 9 heteroatoms. The van der Waals surface area contributed by atoms with E-state index in [2.05, 4.69) is 26.1 Å². The summed E-state index contributed by atoms with van der Waals surface area (Å²) < 4.78 is 31.8. The van der Waals surface area contributed by atoms with E-state index in [9.17, 15) is 18.0 Å². The number of ether oxygens (including phenoxy) is 1. The van der Waals surface area contributed by atoms with E-state index in [-0.39, 0.29) is 17.9 Å². The van der Waals surface area contributed by atoms with E-state index in [0.717, 1.165) is 34.5 Å². The summed E-state index contributed by atoms with van der Waals surface area (Å²) in [6.07, 6.45) is 2.84. The maximum Gasteiger partial charge on any atom is 0.244 e. The molecule has 0 fully saturated rings. The van der Waals surface area contributed by atoms with Crippen LogP contribution in [0.15, 0.2) is 48.5 Å². The van der Waals surface area contributed by atoms with E-state index in [0.29, 0.717) is 18.0 Å². The topological polar surface area (TPSA) is 96.0 Å². The van der Waals surface area contributed by atoms with Crippen LogP contribution in [0.5, 0.6) is 5.75 Å². The minimum Gasteiger partial charge on any atom is -0.497 e. The molecular formula is C28H41N3O5S. The third kappa shape index (κ3) is 8.77. The molecule has 0 saturated heterocycles. The SMILES string of the molecule is CCCCNC(=O)C(C)N(Cc1ccc(OC)cc1)C(=O)CN(c1ccc(C(C)(C)C)cc1)S(C)(=O)=O. The Balaban J connectivity index is 2.36. The summed E-state index contributed by atoms with van der Waals surface area (Å²) in [5.74, 6) is -0.0797. The molecule has 204 valence electrons. The van der Waals surface area contributed by atoms with Gasteiger partial charge in [0, 0.05) is 13.1 Å². The van der Waals surface area contributed by atoms with Gasteiger partial charge >= 0.3 is 0 Å². The number of sulfonamides is 1. The van der Waals surface area contributed by atoms with Gasteiger partial charge in [-0.1, -0.05) is 58.4 Å². The number of nitrogens with one attached hydrogen (secondary N) is 1. The second-order valence-corrected chi connectivity index (χ2v) is 12.2. The van der Waals surface area contributed by atoms with Crippen LogP contribution in [-0.2, 0) is 31.6 Å². The standard InChI is InChI=1S/C28H41N3O5S/c1-8-9-18-29-27(33)21(2)30(19-22-10-16-25(36-6)17-11-22)26(32)20-31(37(7,34)35)24-14-12-23(13-15-24)28(3,4)5/h10-17,21H,8-9,18-20H2,1-7H3,(H,29,33). The number of hydrogen-bond acceptors (Lipinski definition) is 5. The summed E-state index contributed by atoms with van der Waals surface area (Å²) in [7, 11) is -2.20. The minimum atomic E-state index is -3.77. The predicted molar refractivity (Wildman–Crippen MR) is 148 cm³/mol.